The Balaban J connectivity index is 1.55. The highest BCUT2D eigenvalue weighted by molar-refractivity contribution is 6.33. The lowest BCUT2D eigenvalue weighted by atomic mass is 10.2. The van der Waals surface area contributed by atoms with Crippen molar-refractivity contribution >= 4 is 23.4 Å². The van der Waals surface area contributed by atoms with Crippen molar-refractivity contribution in [3.8, 4) is 5.75 Å². The van der Waals surface area contributed by atoms with E-state index >= 15 is 0 Å². The van der Waals surface area contributed by atoms with E-state index in [4.69, 9.17) is 16.3 Å². The molecule has 2 N–H and O–H groups in total. The Hall–Kier alpha value is -2.53. The quantitative estimate of drug-likeness (QED) is 0.661. The molecule has 0 fully saturated rings. The Labute approximate surface area is 158 Å². The van der Waals surface area contributed by atoms with Gasteiger partial charge in [0, 0.05) is 19.5 Å². The molecule has 0 bridgehead atoms. The van der Waals surface area contributed by atoms with E-state index in [9.17, 15) is 9.59 Å². The Morgan fingerprint density at radius 1 is 1.00 bits per heavy atom. The summed E-state index contributed by atoms with van der Waals surface area (Å²) in [4.78, 5) is 23.7. The molecule has 6 heteroatoms. The number of nitrogens with one attached hydrogen (secondary N) is 2. The standard InChI is InChI=1S/C20H23ClN2O3/c1-15-8-10-16(11-9-15)26-14-4-7-19(24)22-12-13-23-20(25)17-5-2-3-6-18(17)21/h2-3,5-6,8-11H,4,7,12-14H2,1H3,(H,22,24)(H,23,25). The van der Waals surface area contributed by atoms with Gasteiger partial charge in [-0.05, 0) is 37.6 Å². The minimum absolute atomic E-state index is 0.0653. The summed E-state index contributed by atoms with van der Waals surface area (Å²) in [7, 11) is 0. The Morgan fingerprint density at radius 2 is 1.69 bits per heavy atom. The summed E-state index contributed by atoms with van der Waals surface area (Å²) in [6, 6.07) is 14.6. The van der Waals surface area contributed by atoms with Crippen LogP contribution in [0.3, 0.4) is 0 Å². The number of aryl methyl sites for hydroxylation is 1. The van der Waals surface area contributed by atoms with E-state index in [0.29, 0.717) is 43.1 Å². The van der Waals surface area contributed by atoms with Gasteiger partial charge in [-0.2, -0.15) is 0 Å². The highest BCUT2D eigenvalue weighted by Crippen LogP contribution is 2.14. The van der Waals surface area contributed by atoms with Gasteiger partial charge in [0.05, 0.1) is 17.2 Å². The van der Waals surface area contributed by atoms with Crippen molar-refractivity contribution in [3.63, 3.8) is 0 Å². The molecular weight excluding hydrogens is 352 g/mol. The van der Waals surface area contributed by atoms with Crippen LogP contribution in [0.15, 0.2) is 48.5 Å². The zero-order valence-electron chi connectivity index (χ0n) is 14.8. The molecule has 0 radical (unpaired) electrons. The highest BCUT2D eigenvalue weighted by atomic mass is 35.5. The molecule has 2 amide bonds. The molecule has 138 valence electrons. The van der Waals surface area contributed by atoms with Crippen LogP contribution in [0.4, 0.5) is 0 Å². The number of hydrogen-bond donors (Lipinski definition) is 2. The predicted octanol–water partition coefficient (Wildman–Crippen LogP) is 3.35. The molecule has 26 heavy (non-hydrogen) atoms. The molecule has 2 rings (SSSR count). The molecule has 0 atom stereocenters. The van der Waals surface area contributed by atoms with Crippen molar-refractivity contribution in [1.29, 1.82) is 0 Å². The normalized spacial score (nSPS) is 10.2. The van der Waals surface area contributed by atoms with Gasteiger partial charge >= 0.3 is 0 Å². The fourth-order valence-electron chi connectivity index (χ4n) is 2.26. The van der Waals surface area contributed by atoms with Crippen LogP contribution in [0.25, 0.3) is 0 Å². The van der Waals surface area contributed by atoms with E-state index in [-0.39, 0.29) is 11.8 Å². The van der Waals surface area contributed by atoms with Gasteiger partial charge in [0.25, 0.3) is 5.91 Å². The zero-order chi connectivity index (χ0) is 18.8. The molecule has 0 aliphatic carbocycles. The van der Waals surface area contributed by atoms with Crippen molar-refractivity contribution in [2.24, 2.45) is 0 Å². The summed E-state index contributed by atoms with van der Waals surface area (Å²) < 4.78 is 5.58. The van der Waals surface area contributed by atoms with Gasteiger partial charge in [-0.3, -0.25) is 9.59 Å². The first-order valence-corrected chi connectivity index (χ1v) is 8.93. The first-order valence-electron chi connectivity index (χ1n) is 8.55. The molecular formula is C20H23ClN2O3. The minimum Gasteiger partial charge on any atom is -0.494 e. The zero-order valence-corrected chi connectivity index (χ0v) is 15.5. The number of rotatable bonds is 9. The van der Waals surface area contributed by atoms with Crippen molar-refractivity contribution in [2.75, 3.05) is 19.7 Å². The fraction of sp³-hybridized carbons (Fsp3) is 0.300. The Kier molecular flexibility index (Phi) is 7.96. The lowest BCUT2D eigenvalue weighted by molar-refractivity contribution is -0.121. The highest BCUT2D eigenvalue weighted by Gasteiger charge is 2.08. The fourth-order valence-corrected chi connectivity index (χ4v) is 2.49. The van der Waals surface area contributed by atoms with Crippen LogP contribution in [0.2, 0.25) is 5.02 Å². The molecule has 5 nitrogen and oxygen atoms in total. The van der Waals surface area contributed by atoms with Crippen LogP contribution in [0.1, 0.15) is 28.8 Å². The summed E-state index contributed by atoms with van der Waals surface area (Å²) in [6.07, 6.45) is 1.01. The summed E-state index contributed by atoms with van der Waals surface area (Å²) in [5.41, 5.74) is 1.60. The van der Waals surface area contributed by atoms with Gasteiger partial charge in [-0.1, -0.05) is 41.4 Å². The number of amides is 2. The Bertz CT molecular complexity index is 732. The maximum Gasteiger partial charge on any atom is 0.252 e. The van der Waals surface area contributed by atoms with Gasteiger partial charge in [0.1, 0.15) is 5.75 Å². The molecule has 0 aromatic heterocycles. The van der Waals surface area contributed by atoms with E-state index in [2.05, 4.69) is 10.6 Å². The smallest absolute Gasteiger partial charge is 0.252 e. The second kappa shape index (κ2) is 10.5. The predicted molar refractivity (Wildman–Crippen MR) is 103 cm³/mol. The maximum atomic E-state index is 12.0. The monoisotopic (exact) mass is 374 g/mol. The average Bonchev–Trinajstić information content (AvgIpc) is 2.64. The molecule has 0 aliphatic rings. The second-order valence-corrected chi connectivity index (χ2v) is 6.26. The third-order valence-corrected chi connectivity index (χ3v) is 4.02. The van der Waals surface area contributed by atoms with Crippen molar-refractivity contribution in [3.05, 3.63) is 64.7 Å². The van der Waals surface area contributed by atoms with Gasteiger partial charge in [0.2, 0.25) is 5.91 Å². The van der Waals surface area contributed by atoms with Crippen LogP contribution in [-0.2, 0) is 4.79 Å². The number of halogens is 1. The molecule has 0 saturated carbocycles. The summed E-state index contributed by atoms with van der Waals surface area (Å²) in [5, 5.41) is 5.90. The SMILES string of the molecule is Cc1ccc(OCCCC(=O)NCCNC(=O)c2ccccc2Cl)cc1. The van der Waals surface area contributed by atoms with E-state index in [1.54, 1.807) is 24.3 Å². The number of benzene rings is 2. The number of carbonyl (C=O) groups is 2. The van der Waals surface area contributed by atoms with Crippen LogP contribution in [0.5, 0.6) is 5.75 Å². The lowest BCUT2D eigenvalue weighted by Crippen LogP contribution is -2.34. The molecule has 0 saturated heterocycles. The van der Waals surface area contributed by atoms with Gasteiger partial charge in [-0.25, -0.2) is 0 Å². The molecule has 0 spiro atoms. The van der Waals surface area contributed by atoms with Crippen LogP contribution >= 0.6 is 11.6 Å². The molecule has 0 unspecified atom stereocenters. The van der Waals surface area contributed by atoms with Gasteiger partial charge in [0.15, 0.2) is 0 Å². The van der Waals surface area contributed by atoms with E-state index < -0.39 is 0 Å². The Morgan fingerprint density at radius 3 is 2.42 bits per heavy atom. The van der Waals surface area contributed by atoms with Crippen LogP contribution in [0, 0.1) is 6.92 Å². The number of ether oxygens (including phenoxy) is 1. The van der Waals surface area contributed by atoms with Crippen molar-refractivity contribution in [1.82, 2.24) is 10.6 Å². The van der Waals surface area contributed by atoms with E-state index in [1.807, 2.05) is 31.2 Å². The minimum atomic E-state index is -0.253. The number of hydrogen-bond acceptors (Lipinski definition) is 3. The summed E-state index contributed by atoms with van der Waals surface area (Å²) in [5.74, 6) is 0.485. The maximum absolute atomic E-state index is 12.0. The summed E-state index contributed by atoms with van der Waals surface area (Å²) >= 11 is 5.96. The topological polar surface area (TPSA) is 67.4 Å². The molecule has 0 heterocycles. The largest absolute Gasteiger partial charge is 0.494 e. The lowest BCUT2D eigenvalue weighted by Gasteiger charge is -2.09. The van der Waals surface area contributed by atoms with E-state index in [1.165, 1.54) is 5.56 Å². The molecule has 0 aliphatic heterocycles. The third kappa shape index (κ3) is 6.76. The summed E-state index contributed by atoms with van der Waals surface area (Å²) in [6.45, 7) is 3.22. The third-order valence-electron chi connectivity index (χ3n) is 3.69. The first-order chi connectivity index (χ1) is 12.6. The van der Waals surface area contributed by atoms with Crippen molar-refractivity contribution in [2.45, 2.75) is 19.8 Å². The van der Waals surface area contributed by atoms with Gasteiger partial charge < -0.3 is 15.4 Å². The van der Waals surface area contributed by atoms with E-state index in [0.717, 1.165) is 5.75 Å². The van der Waals surface area contributed by atoms with Crippen molar-refractivity contribution < 1.29 is 14.3 Å². The first kappa shape index (κ1) is 19.8. The average molecular weight is 375 g/mol. The molecule has 2 aromatic carbocycles. The second-order valence-electron chi connectivity index (χ2n) is 5.85. The van der Waals surface area contributed by atoms with Crippen LogP contribution in [-0.4, -0.2) is 31.5 Å². The number of carbonyl (C=O) groups excluding carboxylic acids is 2. The van der Waals surface area contributed by atoms with Crippen LogP contribution < -0.4 is 15.4 Å². The molecule has 2 aromatic rings. The van der Waals surface area contributed by atoms with Gasteiger partial charge in [-0.15, -0.1) is 0 Å².